The fraction of sp³-hybridized carbons (Fsp3) is 0.500. The van der Waals surface area contributed by atoms with E-state index in [-0.39, 0.29) is 6.61 Å². The molecule has 0 bridgehead atoms. The summed E-state index contributed by atoms with van der Waals surface area (Å²) in [6.07, 6.45) is 3.67. The highest BCUT2D eigenvalue weighted by Gasteiger charge is 2.18. The van der Waals surface area contributed by atoms with Gasteiger partial charge in [-0.05, 0) is 23.5 Å². The first-order valence-electron chi connectivity index (χ1n) is 7.15. The zero-order valence-electron chi connectivity index (χ0n) is 11.9. The average molecular weight is 326 g/mol. The predicted octanol–water partition coefficient (Wildman–Crippen LogP) is 2.68. The molecule has 0 unspecified atom stereocenters. The van der Waals surface area contributed by atoms with E-state index in [0.29, 0.717) is 11.2 Å². The summed E-state index contributed by atoms with van der Waals surface area (Å²) in [6, 6.07) is 9.77. The molecule has 1 aromatic carbocycles. The van der Waals surface area contributed by atoms with Gasteiger partial charge in [0, 0.05) is 0 Å². The predicted molar refractivity (Wildman–Crippen MR) is 90.6 cm³/mol. The average Bonchev–Trinajstić information content (AvgIpc) is 2.55. The Balaban J connectivity index is 1.80. The van der Waals surface area contributed by atoms with E-state index in [1.54, 1.807) is 6.08 Å². The molecule has 1 saturated heterocycles. The molecule has 0 aromatic heterocycles. The molecule has 1 aliphatic heterocycles. The summed E-state index contributed by atoms with van der Waals surface area (Å²) in [5, 5.41) is 19.5. The zero-order valence-corrected chi connectivity index (χ0v) is 13.6. The number of hydrogen-bond acceptors (Lipinski definition) is 5. The van der Waals surface area contributed by atoms with Crippen molar-refractivity contribution in [3.8, 4) is 0 Å². The molecule has 1 aromatic rings. The summed E-state index contributed by atoms with van der Waals surface area (Å²) in [6.45, 7) is 0.202. The van der Waals surface area contributed by atoms with Crippen molar-refractivity contribution in [2.75, 3.05) is 18.1 Å². The van der Waals surface area contributed by atoms with E-state index in [2.05, 4.69) is 0 Å². The maximum atomic E-state index is 10.1. The lowest BCUT2D eigenvalue weighted by molar-refractivity contribution is -0.0540. The smallest absolute Gasteiger partial charge is 0.110 e. The van der Waals surface area contributed by atoms with E-state index >= 15 is 0 Å². The third kappa shape index (κ3) is 6.04. The summed E-state index contributed by atoms with van der Waals surface area (Å²) in [4.78, 5) is 0. The minimum absolute atomic E-state index is 0.191. The first-order valence-corrected chi connectivity index (χ1v) is 9.25. The molecule has 0 amide bonds. The molecule has 1 fully saturated rings. The Morgan fingerprint density at radius 2 is 1.95 bits per heavy atom. The molecule has 21 heavy (non-hydrogen) atoms. The number of aliphatic hydroxyl groups excluding tert-OH is 2. The molecule has 3 nitrogen and oxygen atoms in total. The minimum Gasteiger partial charge on any atom is -0.394 e. The Morgan fingerprint density at radius 1 is 1.24 bits per heavy atom. The van der Waals surface area contributed by atoms with Crippen molar-refractivity contribution >= 4 is 23.5 Å². The minimum atomic E-state index is -0.776. The van der Waals surface area contributed by atoms with Crippen molar-refractivity contribution in [3.63, 3.8) is 0 Å². The molecule has 2 atom stereocenters. The van der Waals surface area contributed by atoms with Crippen LogP contribution in [0.2, 0.25) is 0 Å². The molecule has 2 rings (SSSR count). The maximum Gasteiger partial charge on any atom is 0.110 e. The molecular weight excluding hydrogens is 304 g/mol. The Labute approximate surface area is 134 Å². The van der Waals surface area contributed by atoms with E-state index in [9.17, 15) is 10.2 Å². The summed E-state index contributed by atoms with van der Waals surface area (Å²) in [7, 11) is 0. The van der Waals surface area contributed by atoms with Crippen molar-refractivity contribution in [1.29, 1.82) is 0 Å². The third-order valence-corrected chi connectivity index (χ3v) is 6.02. The van der Waals surface area contributed by atoms with E-state index < -0.39 is 12.2 Å². The maximum absolute atomic E-state index is 10.1. The summed E-state index contributed by atoms with van der Waals surface area (Å²) < 4.78 is 6.02. The van der Waals surface area contributed by atoms with Gasteiger partial charge in [-0.25, -0.2) is 0 Å². The Bertz CT molecular complexity index is 419. The Hall–Kier alpha value is -0.460. The van der Waals surface area contributed by atoms with Crippen molar-refractivity contribution in [2.45, 2.75) is 29.8 Å². The van der Waals surface area contributed by atoms with Gasteiger partial charge in [0.15, 0.2) is 0 Å². The molecule has 1 aliphatic rings. The lowest BCUT2D eigenvalue weighted by Gasteiger charge is -2.21. The lowest BCUT2D eigenvalue weighted by Crippen LogP contribution is -2.31. The van der Waals surface area contributed by atoms with Crippen molar-refractivity contribution < 1.29 is 14.9 Å². The van der Waals surface area contributed by atoms with Crippen LogP contribution in [0, 0.1) is 0 Å². The molecule has 116 valence electrons. The van der Waals surface area contributed by atoms with Crippen molar-refractivity contribution in [3.05, 3.63) is 48.0 Å². The Morgan fingerprint density at radius 3 is 2.62 bits per heavy atom. The highest BCUT2D eigenvalue weighted by molar-refractivity contribution is 8.17. The van der Waals surface area contributed by atoms with Crippen LogP contribution in [-0.4, -0.2) is 45.1 Å². The van der Waals surface area contributed by atoms with Gasteiger partial charge in [-0.3, -0.25) is 0 Å². The van der Waals surface area contributed by atoms with Crippen LogP contribution in [0.5, 0.6) is 0 Å². The number of benzene rings is 1. The van der Waals surface area contributed by atoms with Gasteiger partial charge < -0.3 is 14.9 Å². The normalized spacial score (nSPS) is 19.7. The van der Waals surface area contributed by atoms with E-state index in [4.69, 9.17) is 4.74 Å². The second-order valence-electron chi connectivity index (χ2n) is 4.86. The van der Waals surface area contributed by atoms with Crippen LogP contribution in [-0.2, 0) is 11.3 Å². The second-order valence-corrected chi connectivity index (χ2v) is 7.65. The molecular formula is C16H22O3S2. The van der Waals surface area contributed by atoms with Crippen LogP contribution in [0.15, 0.2) is 42.5 Å². The molecule has 2 N–H and O–H groups in total. The lowest BCUT2D eigenvalue weighted by atomic mass is 10.2. The van der Waals surface area contributed by atoms with Crippen LogP contribution in [0.4, 0.5) is 0 Å². The van der Waals surface area contributed by atoms with Crippen LogP contribution in [0.1, 0.15) is 12.0 Å². The van der Waals surface area contributed by atoms with Gasteiger partial charge in [0.05, 0.1) is 17.8 Å². The standard InChI is InChI=1S/C16H22O3S2/c17-11-15(19-12-13-5-2-1-3-6-13)14(18)7-8-16-20-9-4-10-21-16/h1-3,5-8,14-18H,4,9-12H2/b8-7+/t14-,15+/m0/s1. The number of hydrogen-bond donors (Lipinski definition) is 2. The molecule has 0 radical (unpaired) electrons. The summed E-state index contributed by atoms with van der Waals surface area (Å²) >= 11 is 3.79. The highest BCUT2D eigenvalue weighted by atomic mass is 32.2. The van der Waals surface area contributed by atoms with Crippen LogP contribution >= 0.6 is 23.5 Å². The van der Waals surface area contributed by atoms with Crippen molar-refractivity contribution in [1.82, 2.24) is 0 Å². The van der Waals surface area contributed by atoms with Crippen LogP contribution in [0.3, 0.4) is 0 Å². The fourth-order valence-electron chi connectivity index (χ4n) is 1.98. The summed E-state index contributed by atoms with van der Waals surface area (Å²) in [5.41, 5.74) is 1.03. The van der Waals surface area contributed by atoms with Crippen LogP contribution in [0.25, 0.3) is 0 Å². The first kappa shape index (κ1) is 16.9. The van der Waals surface area contributed by atoms with Gasteiger partial charge >= 0.3 is 0 Å². The number of rotatable bonds is 7. The first-order chi connectivity index (χ1) is 10.3. The fourth-order valence-corrected chi connectivity index (χ4v) is 4.62. The SMILES string of the molecule is OC[C@@H](OCc1ccccc1)[C@@H](O)/C=C/C1SCCCS1. The molecule has 0 saturated carbocycles. The van der Waals surface area contributed by atoms with Crippen LogP contribution < -0.4 is 0 Å². The third-order valence-electron chi connectivity index (χ3n) is 3.19. The van der Waals surface area contributed by atoms with Gasteiger partial charge in [-0.1, -0.05) is 42.5 Å². The summed E-state index contributed by atoms with van der Waals surface area (Å²) in [5.74, 6) is 2.35. The number of ether oxygens (including phenoxy) is 1. The largest absolute Gasteiger partial charge is 0.394 e. The quantitative estimate of drug-likeness (QED) is 0.755. The number of thioether (sulfide) groups is 2. The van der Waals surface area contributed by atoms with Gasteiger partial charge in [0.1, 0.15) is 12.2 Å². The monoisotopic (exact) mass is 326 g/mol. The Kier molecular flexibility index (Phi) is 7.68. The molecule has 0 spiro atoms. The van der Waals surface area contributed by atoms with E-state index in [0.717, 1.165) is 5.56 Å². The topological polar surface area (TPSA) is 49.7 Å². The highest BCUT2D eigenvalue weighted by Crippen LogP contribution is 2.31. The van der Waals surface area contributed by atoms with E-state index in [1.165, 1.54) is 17.9 Å². The van der Waals surface area contributed by atoms with Gasteiger partial charge in [-0.2, -0.15) is 0 Å². The second kappa shape index (κ2) is 9.54. The van der Waals surface area contributed by atoms with Gasteiger partial charge in [-0.15, -0.1) is 23.5 Å². The van der Waals surface area contributed by atoms with Gasteiger partial charge in [0.25, 0.3) is 0 Å². The van der Waals surface area contributed by atoms with Crippen molar-refractivity contribution in [2.24, 2.45) is 0 Å². The number of aliphatic hydroxyl groups is 2. The molecule has 0 aliphatic carbocycles. The molecule has 5 heteroatoms. The van der Waals surface area contributed by atoms with Gasteiger partial charge in [0.2, 0.25) is 0 Å². The zero-order chi connectivity index (χ0) is 14.9. The van der Waals surface area contributed by atoms with E-state index in [1.807, 2.05) is 59.9 Å². The molecule has 1 heterocycles.